The number of rotatable bonds is 4. The molecule has 1 aromatic heterocycles. The largest absolute Gasteiger partial charge is 0.396 e. The third-order valence-electron chi connectivity index (χ3n) is 9.16. The van der Waals surface area contributed by atoms with Crippen LogP contribution in [-0.2, 0) is 5.60 Å². The van der Waals surface area contributed by atoms with E-state index in [1.807, 2.05) is 5.38 Å². The SMILES string of the molecule is C[C@]1([C@H]2CC[C@@]3(C)[C@@H](CC[C@@]3(O)c3nccs3)[C@@H]2CO)CC[C@H](O)C[C@@H]1CO. The van der Waals surface area contributed by atoms with Gasteiger partial charge in [0.05, 0.1) is 6.10 Å². The maximum Gasteiger partial charge on any atom is 0.125 e. The van der Waals surface area contributed by atoms with E-state index in [0.29, 0.717) is 18.8 Å². The fourth-order valence-corrected chi connectivity index (χ4v) is 8.23. The van der Waals surface area contributed by atoms with Gasteiger partial charge in [0.25, 0.3) is 0 Å². The van der Waals surface area contributed by atoms with Gasteiger partial charge in [-0.2, -0.15) is 0 Å². The van der Waals surface area contributed by atoms with E-state index in [-0.39, 0.29) is 47.9 Å². The van der Waals surface area contributed by atoms with Crippen molar-refractivity contribution in [2.75, 3.05) is 13.2 Å². The molecule has 3 fully saturated rings. The second kappa shape index (κ2) is 7.31. The van der Waals surface area contributed by atoms with Crippen molar-refractivity contribution in [3.05, 3.63) is 16.6 Å². The smallest absolute Gasteiger partial charge is 0.125 e. The van der Waals surface area contributed by atoms with Gasteiger partial charge in [0.15, 0.2) is 0 Å². The first-order valence-corrected chi connectivity index (χ1v) is 11.7. The second-order valence-electron chi connectivity index (χ2n) is 10.1. The van der Waals surface area contributed by atoms with Crippen LogP contribution in [0.15, 0.2) is 11.6 Å². The van der Waals surface area contributed by atoms with Gasteiger partial charge in [-0.1, -0.05) is 13.8 Å². The zero-order valence-electron chi connectivity index (χ0n) is 17.0. The van der Waals surface area contributed by atoms with Crippen molar-refractivity contribution in [2.45, 2.75) is 70.5 Å². The number of aliphatic hydroxyl groups excluding tert-OH is 3. The summed E-state index contributed by atoms with van der Waals surface area (Å²) in [6, 6.07) is 0. The van der Waals surface area contributed by atoms with E-state index in [0.717, 1.165) is 37.1 Å². The Hall–Kier alpha value is -0.530. The van der Waals surface area contributed by atoms with Gasteiger partial charge in [-0.25, -0.2) is 4.98 Å². The van der Waals surface area contributed by atoms with E-state index in [1.54, 1.807) is 6.20 Å². The van der Waals surface area contributed by atoms with E-state index in [2.05, 4.69) is 18.8 Å². The number of aromatic nitrogens is 1. The lowest BCUT2D eigenvalue weighted by atomic mass is 9.48. The monoisotopic (exact) mass is 409 g/mol. The zero-order chi connectivity index (χ0) is 20.2. The summed E-state index contributed by atoms with van der Waals surface area (Å²) in [6.45, 7) is 4.67. The molecule has 8 atom stereocenters. The predicted molar refractivity (Wildman–Crippen MR) is 109 cm³/mol. The van der Waals surface area contributed by atoms with Crippen LogP contribution in [0, 0.1) is 34.5 Å². The number of hydrogen-bond donors (Lipinski definition) is 4. The normalized spacial score (nSPS) is 49.1. The quantitative estimate of drug-likeness (QED) is 0.613. The molecule has 1 heterocycles. The van der Waals surface area contributed by atoms with Crippen molar-refractivity contribution in [1.82, 2.24) is 4.98 Å². The summed E-state index contributed by atoms with van der Waals surface area (Å²) in [5, 5.41) is 45.1. The molecule has 0 radical (unpaired) electrons. The van der Waals surface area contributed by atoms with Crippen LogP contribution in [0.25, 0.3) is 0 Å². The number of hydrogen-bond acceptors (Lipinski definition) is 6. The Kier molecular flexibility index (Phi) is 5.41. The molecule has 6 heteroatoms. The molecular formula is C22H35NO4S. The summed E-state index contributed by atoms with van der Waals surface area (Å²) in [5.74, 6) is 0.730. The van der Waals surface area contributed by atoms with E-state index < -0.39 is 5.60 Å². The molecule has 158 valence electrons. The van der Waals surface area contributed by atoms with Crippen molar-refractivity contribution < 1.29 is 20.4 Å². The zero-order valence-corrected chi connectivity index (χ0v) is 17.9. The molecule has 28 heavy (non-hydrogen) atoms. The Morgan fingerprint density at radius 1 is 1.07 bits per heavy atom. The van der Waals surface area contributed by atoms with E-state index in [9.17, 15) is 20.4 Å². The van der Waals surface area contributed by atoms with E-state index >= 15 is 0 Å². The fourth-order valence-electron chi connectivity index (χ4n) is 7.32. The maximum absolute atomic E-state index is 11.7. The lowest BCUT2D eigenvalue weighted by Crippen LogP contribution is -2.55. The lowest BCUT2D eigenvalue weighted by molar-refractivity contribution is -0.153. The minimum absolute atomic E-state index is 0.0684. The minimum atomic E-state index is -0.912. The molecule has 3 saturated carbocycles. The lowest BCUT2D eigenvalue weighted by Gasteiger charge is -2.57. The van der Waals surface area contributed by atoms with Crippen LogP contribution in [0.4, 0.5) is 0 Å². The molecular weight excluding hydrogens is 374 g/mol. The van der Waals surface area contributed by atoms with E-state index in [4.69, 9.17) is 0 Å². The average molecular weight is 410 g/mol. The van der Waals surface area contributed by atoms with Gasteiger partial charge < -0.3 is 20.4 Å². The molecule has 4 N–H and O–H groups in total. The highest BCUT2D eigenvalue weighted by atomic mass is 32.1. The third-order valence-corrected chi connectivity index (χ3v) is 10.1. The van der Waals surface area contributed by atoms with Gasteiger partial charge in [0.1, 0.15) is 10.6 Å². The Morgan fingerprint density at radius 3 is 2.46 bits per heavy atom. The van der Waals surface area contributed by atoms with Crippen LogP contribution in [-0.4, -0.2) is 44.7 Å². The molecule has 0 unspecified atom stereocenters. The van der Waals surface area contributed by atoms with Crippen molar-refractivity contribution >= 4 is 11.3 Å². The molecule has 4 rings (SSSR count). The molecule has 0 saturated heterocycles. The van der Waals surface area contributed by atoms with Crippen LogP contribution in [0.1, 0.15) is 63.8 Å². The highest BCUT2D eigenvalue weighted by molar-refractivity contribution is 7.09. The number of aliphatic hydroxyl groups is 4. The summed E-state index contributed by atoms with van der Waals surface area (Å²) >= 11 is 1.53. The summed E-state index contributed by atoms with van der Waals surface area (Å²) < 4.78 is 0. The average Bonchev–Trinajstić information content (AvgIpc) is 3.31. The van der Waals surface area contributed by atoms with Gasteiger partial charge in [-0.15, -0.1) is 11.3 Å². The van der Waals surface area contributed by atoms with Crippen molar-refractivity contribution in [3.8, 4) is 0 Å². The Labute approximate surface area is 171 Å². The predicted octanol–water partition coefficient (Wildman–Crippen LogP) is 2.93. The molecule has 0 aliphatic heterocycles. The minimum Gasteiger partial charge on any atom is -0.396 e. The van der Waals surface area contributed by atoms with Gasteiger partial charge in [0.2, 0.25) is 0 Å². The van der Waals surface area contributed by atoms with Gasteiger partial charge in [-0.05, 0) is 74.0 Å². The van der Waals surface area contributed by atoms with Crippen LogP contribution >= 0.6 is 11.3 Å². The van der Waals surface area contributed by atoms with Crippen molar-refractivity contribution in [1.29, 1.82) is 0 Å². The third kappa shape index (κ3) is 2.83. The van der Waals surface area contributed by atoms with Crippen LogP contribution < -0.4 is 0 Å². The molecule has 5 nitrogen and oxygen atoms in total. The molecule has 1 aromatic rings. The Balaban J connectivity index is 1.66. The van der Waals surface area contributed by atoms with Crippen LogP contribution in [0.5, 0.6) is 0 Å². The summed E-state index contributed by atoms with van der Waals surface area (Å²) in [4.78, 5) is 4.46. The first-order valence-electron chi connectivity index (χ1n) is 10.8. The maximum atomic E-state index is 11.7. The van der Waals surface area contributed by atoms with Gasteiger partial charge >= 0.3 is 0 Å². The van der Waals surface area contributed by atoms with Crippen molar-refractivity contribution in [2.24, 2.45) is 34.5 Å². The number of nitrogens with zero attached hydrogens (tertiary/aromatic N) is 1. The Bertz CT molecular complexity index is 684. The molecule has 0 bridgehead atoms. The fraction of sp³-hybridized carbons (Fsp3) is 0.864. The van der Waals surface area contributed by atoms with Gasteiger partial charge in [0, 0.05) is 30.2 Å². The first-order chi connectivity index (χ1) is 13.3. The number of thiazole rings is 1. The molecule has 0 spiro atoms. The summed E-state index contributed by atoms with van der Waals surface area (Å²) in [6.07, 6.45) is 7.19. The summed E-state index contributed by atoms with van der Waals surface area (Å²) in [7, 11) is 0. The molecule has 0 aromatic carbocycles. The molecule has 3 aliphatic rings. The Morgan fingerprint density at radius 2 is 1.82 bits per heavy atom. The number of fused-ring (bicyclic) bond motifs is 1. The highest BCUT2D eigenvalue weighted by Crippen LogP contribution is 2.67. The second-order valence-corrected chi connectivity index (χ2v) is 11.0. The van der Waals surface area contributed by atoms with Crippen molar-refractivity contribution in [3.63, 3.8) is 0 Å². The van der Waals surface area contributed by atoms with Gasteiger partial charge in [-0.3, -0.25) is 0 Å². The standard InChI is InChI=1S/C22H35NO4S/c1-20(6-3-15(26)11-14(20)12-24)17-4-7-21(2)18(16(17)13-25)5-8-22(21,27)19-23-9-10-28-19/h9-10,14-18,24-27H,3-8,11-13H2,1-2H3/t14-,15+,16-,17+,18+,20+,21+,22-/m1/s1. The molecule has 0 amide bonds. The van der Waals surface area contributed by atoms with E-state index in [1.165, 1.54) is 11.3 Å². The first kappa shape index (κ1) is 20.7. The van der Waals surface area contributed by atoms with Crippen LogP contribution in [0.3, 0.4) is 0 Å². The topological polar surface area (TPSA) is 93.8 Å². The summed E-state index contributed by atoms with van der Waals surface area (Å²) in [5.41, 5.74) is -1.27. The highest BCUT2D eigenvalue weighted by Gasteiger charge is 2.64. The van der Waals surface area contributed by atoms with Crippen LogP contribution in [0.2, 0.25) is 0 Å². The molecule has 3 aliphatic carbocycles.